The Morgan fingerprint density at radius 3 is 2.40 bits per heavy atom. The van der Waals surface area contributed by atoms with Gasteiger partial charge in [0.05, 0.1) is 17.8 Å². The third-order valence-electron chi connectivity index (χ3n) is 5.00. The van der Waals surface area contributed by atoms with Gasteiger partial charge in [-0.05, 0) is 46.7 Å². The van der Waals surface area contributed by atoms with Crippen molar-refractivity contribution in [1.82, 2.24) is 25.2 Å². The second-order valence-electron chi connectivity index (χ2n) is 7.56. The highest BCUT2D eigenvalue weighted by Gasteiger charge is 2.29. The van der Waals surface area contributed by atoms with Gasteiger partial charge in [-0.25, -0.2) is 9.67 Å². The van der Waals surface area contributed by atoms with Crippen LogP contribution in [0.1, 0.15) is 35.0 Å². The highest BCUT2D eigenvalue weighted by atomic mass is 19.4. The summed E-state index contributed by atoms with van der Waals surface area (Å²) < 4.78 is 45.3. The van der Waals surface area contributed by atoms with E-state index in [9.17, 15) is 13.2 Å². The van der Waals surface area contributed by atoms with Gasteiger partial charge in [0.1, 0.15) is 6.61 Å². The number of rotatable bonds is 9. The lowest BCUT2D eigenvalue weighted by molar-refractivity contribution is -0.137. The zero-order valence-electron chi connectivity index (χ0n) is 18.7. The maximum atomic E-state index is 12.6. The van der Waals surface area contributed by atoms with Crippen molar-refractivity contribution in [3.8, 4) is 5.88 Å². The highest BCUT2D eigenvalue weighted by Crippen LogP contribution is 2.29. The molecular formula is C24H21F3N6O2. The van der Waals surface area contributed by atoms with E-state index in [0.717, 1.165) is 17.7 Å². The molecule has 4 aromatic rings. The average Bonchev–Trinajstić information content (AvgIpc) is 3.30. The molecule has 2 aromatic heterocycles. The molecule has 2 heterocycles. The predicted molar refractivity (Wildman–Crippen MR) is 120 cm³/mol. The maximum absolute atomic E-state index is 12.6. The Balaban J connectivity index is 1.29. The van der Waals surface area contributed by atoms with Gasteiger partial charge in [0.2, 0.25) is 5.88 Å². The Morgan fingerprint density at radius 1 is 0.943 bits per heavy atom. The van der Waals surface area contributed by atoms with E-state index >= 15 is 0 Å². The first kappa shape index (κ1) is 23.9. The largest absolute Gasteiger partial charge is 0.469 e. The summed E-state index contributed by atoms with van der Waals surface area (Å²) in [5.74, 6) is 0.954. The fourth-order valence-corrected chi connectivity index (χ4v) is 3.07. The average molecular weight is 482 g/mol. The van der Waals surface area contributed by atoms with Crippen LogP contribution in [-0.4, -0.2) is 30.9 Å². The summed E-state index contributed by atoms with van der Waals surface area (Å²) in [6, 6.07) is 18.0. The smallest absolute Gasteiger partial charge is 0.416 e. The van der Waals surface area contributed by atoms with Gasteiger partial charge in [0.25, 0.3) is 0 Å². The third kappa shape index (κ3) is 6.62. The van der Waals surface area contributed by atoms with E-state index in [1.165, 1.54) is 12.1 Å². The molecule has 0 aliphatic rings. The molecule has 0 bridgehead atoms. The summed E-state index contributed by atoms with van der Waals surface area (Å²) in [6.45, 7) is 2.46. The van der Waals surface area contributed by atoms with Crippen LogP contribution >= 0.6 is 0 Å². The number of oxime groups is 1. The number of nitrogens with zero attached hydrogens (tertiary/aromatic N) is 6. The Hall–Kier alpha value is -4.28. The molecule has 0 saturated carbocycles. The predicted octanol–water partition coefficient (Wildman–Crippen LogP) is 4.66. The van der Waals surface area contributed by atoms with Crippen molar-refractivity contribution in [3.63, 3.8) is 0 Å². The molecule has 0 atom stereocenters. The van der Waals surface area contributed by atoms with Gasteiger partial charge < -0.3 is 9.57 Å². The molecule has 0 saturated heterocycles. The number of alkyl halides is 3. The number of aromatic nitrogens is 5. The van der Waals surface area contributed by atoms with Crippen molar-refractivity contribution in [2.45, 2.75) is 32.9 Å². The fourth-order valence-electron chi connectivity index (χ4n) is 3.07. The van der Waals surface area contributed by atoms with E-state index in [0.29, 0.717) is 35.1 Å². The molecule has 0 radical (unpaired) electrons. The standard InChI is InChI=1S/C24H21F3N6O2/c1-17(30-35-15-19-7-10-21(11-8-19)24(25,26)27)20-9-12-23(28-13-20)34-16-22-29-31-32-33(22)14-18-5-3-2-4-6-18/h2-13H,14-16H2,1H3. The van der Waals surface area contributed by atoms with Gasteiger partial charge in [-0.15, -0.1) is 5.10 Å². The molecule has 0 N–H and O–H groups in total. The van der Waals surface area contributed by atoms with Crippen LogP contribution in [-0.2, 0) is 30.8 Å². The van der Waals surface area contributed by atoms with Crippen molar-refractivity contribution in [3.05, 3.63) is 101 Å². The summed E-state index contributed by atoms with van der Waals surface area (Å²) in [6.07, 6.45) is -2.78. The van der Waals surface area contributed by atoms with Crippen molar-refractivity contribution in [2.75, 3.05) is 0 Å². The lowest BCUT2D eigenvalue weighted by atomic mass is 10.1. The quantitative estimate of drug-likeness (QED) is 0.255. The van der Waals surface area contributed by atoms with E-state index < -0.39 is 11.7 Å². The molecule has 2 aromatic carbocycles. The molecule has 0 aliphatic carbocycles. The lowest BCUT2D eigenvalue weighted by Crippen LogP contribution is -2.10. The summed E-state index contributed by atoms with van der Waals surface area (Å²) in [5.41, 5.74) is 2.20. The van der Waals surface area contributed by atoms with Gasteiger partial charge in [0, 0.05) is 17.8 Å². The Kier molecular flexibility index (Phi) is 7.34. The molecule has 11 heteroatoms. The normalized spacial score (nSPS) is 11.9. The first-order valence-electron chi connectivity index (χ1n) is 10.6. The van der Waals surface area contributed by atoms with Crippen LogP contribution in [0.2, 0.25) is 0 Å². The van der Waals surface area contributed by atoms with Crippen molar-refractivity contribution in [1.29, 1.82) is 0 Å². The molecule has 0 fully saturated rings. The van der Waals surface area contributed by atoms with E-state index in [1.54, 1.807) is 29.9 Å². The van der Waals surface area contributed by atoms with Gasteiger partial charge in [-0.2, -0.15) is 13.2 Å². The molecule has 4 rings (SSSR count). The second-order valence-corrected chi connectivity index (χ2v) is 7.56. The summed E-state index contributed by atoms with van der Waals surface area (Å²) in [5, 5.41) is 15.7. The number of halogens is 3. The van der Waals surface area contributed by atoms with E-state index in [-0.39, 0.29) is 13.2 Å². The van der Waals surface area contributed by atoms with Crippen LogP contribution in [0.25, 0.3) is 0 Å². The van der Waals surface area contributed by atoms with Crippen LogP contribution in [0, 0.1) is 0 Å². The minimum Gasteiger partial charge on any atom is -0.469 e. The maximum Gasteiger partial charge on any atom is 0.416 e. The summed E-state index contributed by atoms with van der Waals surface area (Å²) in [7, 11) is 0. The molecule has 0 unspecified atom stereocenters. The van der Waals surface area contributed by atoms with Crippen molar-refractivity contribution < 1.29 is 22.7 Å². The molecule has 180 valence electrons. The van der Waals surface area contributed by atoms with Gasteiger partial charge >= 0.3 is 6.18 Å². The Morgan fingerprint density at radius 2 is 1.71 bits per heavy atom. The van der Waals surface area contributed by atoms with Gasteiger partial charge in [-0.3, -0.25) is 0 Å². The second kappa shape index (κ2) is 10.8. The molecule has 8 nitrogen and oxygen atoms in total. The topological polar surface area (TPSA) is 87.3 Å². The number of ether oxygens (including phenoxy) is 1. The molecule has 0 spiro atoms. The van der Waals surface area contributed by atoms with E-state index in [1.807, 2.05) is 30.3 Å². The number of pyridine rings is 1. The first-order chi connectivity index (χ1) is 16.9. The van der Waals surface area contributed by atoms with Crippen LogP contribution in [0.3, 0.4) is 0 Å². The molecule has 0 aliphatic heterocycles. The third-order valence-corrected chi connectivity index (χ3v) is 5.00. The number of hydrogen-bond donors (Lipinski definition) is 0. The lowest BCUT2D eigenvalue weighted by Gasteiger charge is -2.08. The minimum atomic E-state index is -4.37. The van der Waals surface area contributed by atoms with Crippen LogP contribution in [0.5, 0.6) is 5.88 Å². The Labute approximate surface area is 199 Å². The number of benzene rings is 2. The number of hydrogen-bond acceptors (Lipinski definition) is 7. The summed E-state index contributed by atoms with van der Waals surface area (Å²) >= 11 is 0. The highest BCUT2D eigenvalue weighted by molar-refractivity contribution is 5.98. The van der Waals surface area contributed by atoms with Crippen LogP contribution in [0.15, 0.2) is 78.1 Å². The monoisotopic (exact) mass is 482 g/mol. The SMILES string of the molecule is CC(=NOCc1ccc(C(F)(F)F)cc1)c1ccc(OCc2nnnn2Cc2ccccc2)nc1. The minimum absolute atomic E-state index is 0.0435. The van der Waals surface area contributed by atoms with Crippen molar-refractivity contribution >= 4 is 5.71 Å². The number of tetrazole rings is 1. The fraction of sp³-hybridized carbons (Fsp3) is 0.208. The molecular weight excluding hydrogens is 461 g/mol. The summed E-state index contributed by atoms with van der Waals surface area (Å²) in [4.78, 5) is 9.54. The van der Waals surface area contributed by atoms with E-state index in [4.69, 9.17) is 9.57 Å². The first-order valence-corrected chi connectivity index (χ1v) is 10.6. The zero-order chi connectivity index (χ0) is 24.7. The Bertz CT molecular complexity index is 1260. The molecule has 0 amide bonds. The van der Waals surface area contributed by atoms with Crippen LogP contribution < -0.4 is 4.74 Å². The van der Waals surface area contributed by atoms with Crippen LogP contribution in [0.4, 0.5) is 13.2 Å². The molecule has 35 heavy (non-hydrogen) atoms. The van der Waals surface area contributed by atoms with E-state index in [2.05, 4.69) is 25.7 Å². The van der Waals surface area contributed by atoms with Gasteiger partial charge in [0.15, 0.2) is 12.4 Å². The zero-order valence-corrected chi connectivity index (χ0v) is 18.7. The van der Waals surface area contributed by atoms with Crippen molar-refractivity contribution in [2.24, 2.45) is 5.16 Å². The van der Waals surface area contributed by atoms with Gasteiger partial charge in [-0.1, -0.05) is 47.6 Å².